The van der Waals surface area contributed by atoms with Crippen LogP contribution in [-0.4, -0.2) is 36.6 Å². The lowest BCUT2D eigenvalue weighted by atomic mass is 9.53. The van der Waals surface area contributed by atoms with Crippen molar-refractivity contribution in [2.75, 3.05) is 0 Å². The summed E-state index contributed by atoms with van der Waals surface area (Å²) in [6, 6.07) is 2.65. The van der Waals surface area contributed by atoms with Crippen molar-refractivity contribution in [1.29, 1.82) is 5.26 Å². The molecule has 0 N–H and O–H groups in total. The second-order valence-electron chi connectivity index (χ2n) is 11.3. The predicted octanol–water partition coefficient (Wildman–Crippen LogP) is 5.26. The molecule has 3 rings (SSSR count). The molecule has 0 spiro atoms. The Hall–Kier alpha value is -0.540. The lowest BCUT2D eigenvalue weighted by Crippen LogP contribution is -2.41. The molecule has 2 atom stereocenters. The second-order valence-corrected chi connectivity index (χ2v) is 11.3. The highest BCUT2D eigenvalue weighted by Gasteiger charge is 2.59. The fourth-order valence-corrected chi connectivity index (χ4v) is 4.82. The van der Waals surface area contributed by atoms with Gasteiger partial charge in [-0.05, 0) is 80.5 Å². The van der Waals surface area contributed by atoms with Gasteiger partial charge in [0.05, 0.1) is 34.4 Å². The second kappa shape index (κ2) is 7.86. The zero-order chi connectivity index (χ0) is 21.7. The summed E-state index contributed by atoms with van der Waals surface area (Å²) in [5, 5.41) is 10.2. The van der Waals surface area contributed by atoms with Gasteiger partial charge in [-0.1, -0.05) is 19.3 Å². The molecule has 0 aromatic rings. The van der Waals surface area contributed by atoms with E-state index in [1.165, 1.54) is 19.3 Å². The van der Waals surface area contributed by atoms with E-state index in [1.807, 2.05) is 0 Å². The molecule has 7 heteroatoms. The van der Waals surface area contributed by atoms with Crippen molar-refractivity contribution in [3.63, 3.8) is 0 Å². The normalized spacial score (nSPS) is 30.2. The summed E-state index contributed by atoms with van der Waals surface area (Å²) in [5.41, 5.74) is -1.60. The minimum atomic E-state index is -0.425. The Balaban J connectivity index is 1.85. The van der Waals surface area contributed by atoms with Gasteiger partial charge in [0.1, 0.15) is 0 Å². The molecule has 3 aliphatic rings. The van der Waals surface area contributed by atoms with Crippen LogP contribution in [0.25, 0.3) is 0 Å². The first-order chi connectivity index (χ1) is 13.3. The maximum absolute atomic E-state index is 10.2. The van der Waals surface area contributed by atoms with Gasteiger partial charge in [-0.15, -0.1) is 0 Å². The third kappa shape index (κ3) is 4.42. The summed E-state index contributed by atoms with van der Waals surface area (Å²) >= 11 is 0. The zero-order valence-electron chi connectivity index (χ0n) is 19.7. The monoisotopic (exact) mass is 403 g/mol. The highest BCUT2D eigenvalue weighted by molar-refractivity contribution is 6.53. The maximum Gasteiger partial charge on any atom is 0.462 e. The molecule has 1 saturated carbocycles. The molecular weight excluding hydrogens is 364 g/mol. The van der Waals surface area contributed by atoms with Crippen LogP contribution in [0.3, 0.4) is 0 Å². The van der Waals surface area contributed by atoms with Gasteiger partial charge in [0.15, 0.2) is 0 Å². The molecule has 2 unspecified atom stereocenters. The van der Waals surface area contributed by atoms with Crippen molar-refractivity contribution in [3.8, 4) is 6.07 Å². The van der Waals surface area contributed by atoms with Gasteiger partial charge < -0.3 is 18.6 Å². The average Bonchev–Trinajstić information content (AvgIpc) is 2.94. The van der Waals surface area contributed by atoms with Gasteiger partial charge >= 0.3 is 14.2 Å². The largest absolute Gasteiger partial charge is 0.462 e. The van der Waals surface area contributed by atoms with E-state index in [0.29, 0.717) is 12.2 Å². The molecule has 0 bridgehead atoms. The SMILES string of the molecule is CC1(C)OB(CC(B2OC(C)(C)C(C)(C)O2)C(C#N)C2CCCCC2)OC1(C)C. The fraction of sp³-hybridized carbons (Fsp3) is 0.955. The number of nitrogens with zero attached hydrogens (tertiary/aromatic N) is 1. The van der Waals surface area contributed by atoms with E-state index >= 15 is 0 Å². The minimum Gasteiger partial charge on any atom is -0.403 e. The van der Waals surface area contributed by atoms with Crippen LogP contribution < -0.4 is 0 Å². The highest BCUT2D eigenvalue weighted by Crippen LogP contribution is 2.49. The first-order valence-electron chi connectivity index (χ1n) is 11.4. The van der Waals surface area contributed by atoms with E-state index in [4.69, 9.17) is 18.6 Å². The molecule has 0 radical (unpaired) electrons. The van der Waals surface area contributed by atoms with E-state index in [-0.39, 0.29) is 30.1 Å². The molecule has 0 aromatic heterocycles. The fourth-order valence-electron chi connectivity index (χ4n) is 4.82. The van der Waals surface area contributed by atoms with Gasteiger partial charge in [0, 0.05) is 5.82 Å². The maximum atomic E-state index is 10.2. The van der Waals surface area contributed by atoms with Crippen LogP contribution in [-0.2, 0) is 18.6 Å². The topological polar surface area (TPSA) is 60.7 Å². The number of rotatable bonds is 5. The Labute approximate surface area is 178 Å². The average molecular weight is 403 g/mol. The van der Waals surface area contributed by atoms with Crippen LogP contribution in [0.2, 0.25) is 12.1 Å². The molecule has 3 fully saturated rings. The van der Waals surface area contributed by atoms with E-state index in [1.54, 1.807) is 0 Å². The number of nitriles is 1. The Bertz CT molecular complexity index is 605. The Morgan fingerprint density at radius 2 is 1.24 bits per heavy atom. The Morgan fingerprint density at radius 1 is 0.793 bits per heavy atom. The van der Waals surface area contributed by atoms with Crippen LogP contribution in [0.1, 0.15) is 87.5 Å². The molecule has 2 aliphatic heterocycles. The summed E-state index contributed by atoms with van der Waals surface area (Å²) in [7, 11) is -0.783. The van der Waals surface area contributed by atoms with Crippen molar-refractivity contribution >= 4 is 14.2 Å². The van der Waals surface area contributed by atoms with Gasteiger partial charge in [-0.3, -0.25) is 0 Å². The molecule has 2 heterocycles. The van der Waals surface area contributed by atoms with Gasteiger partial charge in [-0.2, -0.15) is 5.26 Å². The van der Waals surface area contributed by atoms with Crippen molar-refractivity contribution in [2.24, 2.45) is 11.8 Å². The van der Waals surface area contributed by atoms with Gasteiger partial charge in [-0.25, -0.2) is 0 Å². The lowest BCUT2D eigenvalue weighted by Gasteiger charge is -2.33. The van der Waals surface area contributed by atoms with Crippen LogP contribution in [0.4, 0.5) is 0 Å². The predicted molar refractivity (Wildman–Crippen MR) is 116 cm³/mol. The van der Waals surface area contributed by atoms with E-state index in [9.17, 15) is 5.26 Å². The standard InChI is InChI=1S/C22H39B2NO4/c1-19(2)20(3,4)27-23(26-19)14-18(17(15-25)16-12-10-9-11-13-16)24-28-21(5,6)22(7,8)29-24/h16-18H,9-14H2,1-8H3. The van der Waals surface area contributed by atoms with Crippen molar-refractivity contribution in [3.05, 3.63) is 0 Å². The summed E-state index contributed by atoms with van der Waals surface area (Å²) < 4.78 is 25.5. The number of hydrogen-bond acceptors (Lipinski definition) is 5. The first kappa shape index (κ1) is 23.1. The van der Waals surface area contributed by atoms with Crippen LogP contribution in [0.5, 0.6) is 0 Å². The molecule has 2 saturated heterocycles. The third-order valence-corrected chi connectivity index (χ3v) is 8.16. The molecule has 1 aliphatic carbocycles. The molecule has 0 aromatic carbocycles. The Kier molecular flexibility index (Phi) is 6.27. The van der Waals surface area contributed by atoms with Gasteiger partial charge in [0.25, 0.3) is 0 Å². The highest BCUT2D eigenvalue weighted by atomic mass is 16.7. The summed E-state index contributed by atoms with van der Waals surface area (Å²) in [5.74, 6) is 0.183. The Morgan fingerprint density at radius 3 is 1.69 bits per heavy atom. The molecule has 5 nitrogen and oxygen atoms in total. The summed E-state index contributed by atoms with van der Waals surface area (Å²) in [4.78, 5) is 0. The van der Waals surface area contributed by atoms with Crippen LogP contribution >= 0.6 is 0 Å². The van der Waals surface area contributed by atoms with Crippen molar-refractivity contribution in [1.82, 2.24) is 0 Å². The summed E-state index contributed by atoms with van der Waals surface area (Å²) in [6.45, 7) is 16.6. The van der Waals surface area contributed by atoms with Crippen LogP contribution in [0, 0.1) is 23.2 Å². The lowest BCUT2D eigenvalue weighted by molar-refractivity contribution is 0.00578. The summed E-state index contributed by atoms with van der Waals surface area (Å²) in [6.07, 6.45) is 6.51. The molecule has 29 heavy (non-hydrogen) atoms. The smallest absolute Gasteiger partial charge is 0.403 e. The molecule has 162 valence electrons. The quantitative estimate of drug-likeness (QED) is 0.586. The van der Waals surface area contributed by atoms with E-state index in [2.05, 4.69) is 61.5 Å². The minimum absolute atomic E-state index is 0.0844. The number of hydrogen-bond donors (Lipinski definition) is 0. The molecule has 0 amide bonds. The zero-order valence-corrected chi connectivity index (χ0v) is 19.7. The van der Waals surface area contributed by atoms with E-state index in [0.717, 1.165) is 12.8 Å². The van der Waals surface area contributed by atoms with Crippen LogP contribution in [0.15, 0.2) is 0 Å². The third-order valence-electron chi connectivity index (χ3n) is 8.16. The van der Waals surface area contributed by atoms with Gasteiger partial charge in [0.2, 0.25) is 0 Å². The van der Waals surface area contributed by atoms with E-state index < -0.39 is 18.3 Å². The molecular formula is C22H39B2NO4. The van der Waals surface area contributed by atoms with Crippen molar-refractivity contribution < 1.29 is 18.6 Å². The van der Waals surface area contributed by atoms with Crippen molar-refractivity contribution in [2.45, 2.75) is 122 Å². The first-order valence-corrected chi connectivity index (χ1v) is 11.4.